The first-order valence-corrected chi connectivity index (χ1v) is 8.84. The number of fused-ring (bicyclic) bond motifs is 2. The average molecular weight is 368 g/mol. The zero-order valence-electron chi connectivity index (χ0n) is 15.1. The number of ether oxygens (including phenoxy) is 1. The van der Waals surface area contributed by atoms with E-state index >= 15 is 0 Å². The molecule has 0 amide bonds. The molecule has 5 aromatic rings. The monoisotopic (exact) mass is 368 g/mol. The molecular formula is C21H16N6O. The number of methoxy groups -OCH3 is 1. The molecule has 0 N–H and O–H groups in total. The Labute approximate surface area is 160 Å². The van der Waals surface area contributed by atoms with Crippen LogP contribution in [0, 0.1) is 0 Å². The Balaban J connectivity index is 1.51. The van der Waals surface area contributed by atoms with Crippen molar-refractivity contribution in [2.45, 2.75) is 6.42 Å². The van der Waals surface area contributed by atoms with Crippen LogP contribution in [0.3, 0.4) is 0 Å². The maximum atomic E-state index is 5.02. The fourth-order valence-electron chi connectivity index (χ4n) is 3.19. The molecule has 28 heavy (non-hydrogen) atoms. The van der Waals surface area contributed by atoms with Crippen LogP contribution < -0.4 is 4.74 Å². The molecule has 0 atom stereocenters. The van der Waals surface area contributed by atoms with Gasteiger partial charge in [-0.05, 0) is 35.9 Å². The van der Waals surface area contributed by atoms with Gasteiger partial charge in [-0.1, -0.05) is 12.1 Å². The third kappa shape index (κ3) is 2.92. The Hall–Kier alpha value is -3.87. The van der Waals surface area contributed by atoms with Gasteiger partial charge in [0.25, 0.3) is 0 Å². The molecule has 4 heterocycles. The van der Waals surface area contributed by atoms with Crippen LogP contribution in [0.2, 0.25) is 0 Å². The number of hydrogen-bond donors (Lipinski definition) is 0. The molecule has 0 aliphatic carbocycles. The lowest BCUT2D eigenvalue weighted by Gasteiger charge is -2.06. The van der Waals surface area contributed by atoms with Gasteiger partial charge in [-0.15, -0.1) is 0 Å². The van der Waals surface area contributed by atoms with E-state index in [4.69, 9.17) is 9.84 Å². The van der Waals surface area contributed by atoms with E-state index in [-0.39, 0.29) is 0 Å². The van der Waals surface area contributed by atoms with E-state index in [1.165, 1.54) is 5.56 Å². The van der Waals surface area contributed by atoms with Crippen LogP contribution in [-0.2, 0) is 6.42 Å². The lowest BCUT2D eigenvalue weighted by molar-refractivity contribution is 0.380. The average Bonchev–Trinajstić information content (AvgIpc) is 3.16. The van der Waals surface area contributed by atoms with Gasteiger partial charge in [0.1, 0.15) is 0 Å². The van der Waals surface area contributed by atoms with E-state index in [1.807, 2.05) is 35.0 Å². The molecule has 0 saturated carbocycles. The molecule has 5 rings (SSSR count). The first-order chi connectivity index (χ1) is 13.8. The van der Waals surface area contributed by atoms with Crippen molar-refractivity contribution in [2.75, 3.05) is 7.11 Å². The summed E-state index contributed by atoms with van der Waals surface area (Å²) in [6.45, 7) is 0. The van der Waals surface area contributed by atoms with Crippen molar-refractivity contribution in [1.29, 1.82) is 0 Å². The molecule has 136 valence electrons. The van der Waals surface area contributed by atoms with Crippen LogP contribution in [0.4, 0.5) is 0 Å². The van der Waals surface area contributed by atoms with Crippen molar-refractivity contribution >= 4 is 16.6 Å². The zero-order chi connectivity index (χ0) is 18.9. The molecule has 0 fully saturated rings. The van der Waals surface area contributed by atoms with Crippen LogP contribution in [0.5, 0.6) is 6.01 Å². The van der Waals surface area contributed by atoms with E-state index in [0.29, 0.717) is 6.01 Å². The predicted octanol–water partition coefficient (Wildman–Crippen LogP) is 3.33. The van der Waals surface area contributed by atoms with Gasteiger partial charge in [0, 0.05) is 36.0 Å². The van der Waals surface area contributed by atoms with E-state index in [9.17, 15) is 0 Å². The highest BCUT2D eigenvalue weighted by molar-refractivity contribution is 5.79. The summed E-state index contributed by atoms with van der Waals surface area (Å²) in [4.78, 5) is 17.2. The third-order valence-electron chi connectivity index (χ3n) is 4.59. The van der Waals surface area contributed by atoms with Gasteiger partial charge < -0.3 is 4.74 Å². The van der Waals surface area contributed by atoms with Gasteiger partial charge >= 0.3 is 6.01 Å². The molecule has 7 heteroatoms. The van der Waals surface area contributed by atoms with Crippen molar-refractivity contribution in [1.82, 2.24) is 29.5 Å². The molecule has 0 unspecified atom stereocenters. The molecule has 0 radical (unpaired) electrons. The molecule has 0 saturated heterocycles. The Morgan fingerprint density at radius 1 is 0.929 bits per heavy atom. The number of nitrogens with zero attached hydrogens (tertiary/aromatic N) is 6. The standard InChI is InChI=1S/C21H16N6O/c1-28-21-24-11-16(12-25-21)19-6-7-20-23-13-17(27(20)26-19)10-14-4-5-18-15(9-14)3-2-8-22-18/h2-9,11-13H,10H2,1H3. The Bertz CT molecular complexity index is 1280. The molecule has 4 aromatic heterocycles. The number of pyridine rings is 1. The lowest BCUT2D eigenvalue weighted by atomic mass is 10.1. The fraction of sp³-hybridized carbons (Fsp3) is 0.0952. The summed E-state index contributed by atoms with van der Waals surface area (Å²) >= 11 is 0. The van der Waals surface area contributed by atoms with Crippen LogP contribution >= 0.6 is 0 Å². The van der Waals surface area contributed by atoms with Crippen LogP contribution in [0.25, 0.3) is 27.8 Å². The molecule has 0 bridgehead atoms. The zero-order valence-corrected chi connectivity index (χ0v) is 15.1. The van der Waals surface area contributed by atoms with Crippen molar-refractivity contribution in [3.8, 4) is 17.3 Å². The second-order valence-electron chi connectivity index (χ2n) is 6.40. The molecule has 7 nitrogen and oxygen atoms in total. The van der Waals surface area contributed by atoms with Gasteiger partial charge in [0.05, 0.1) is 30.2 Å². The van der Waals surface area contributed by atoms with E-state index < -0.39 is 0 Å². The quantitative estimate of drug-likeness (QED) is 0.484. The van der Waals surface area contributed by atoms with Gasteiger partial charge in [-0.2, -0.15) is 5.10 Å². The van der Waals surface area contributed by atoms with Gasteiger partial charge in [-0.3, -0.25) is 4.98 Å². The Morgan fingerprint density at radius 2 is 1.82 bits per heavy atom. The summed E-state index contributed by atoms with van der Waals surface area (Å²) in [7, 11) is 1.54. The van der Waals surface area contributed by atoms with E-state index in [0.717, 1.165) is 39.9 Å². The molecule has 0 aliphatic rings. The molecule has 1 aromatic carbocycles. The number of hydrogen-bond acceptors (Lipinski definition) is 6. The van der Waals surface area contributed by atoms with E-state index in [1.54, 1.807) is 25.7 Å². The summed E-state index contributed by atoms with van der Waals surface area (Å²) in [5, 5.41) is 5.86. The minimum atomic E-state index is 0.332. The summed E-state index contributed by atoms with van der Waals surface area (Å²) in [6.07, 6.45) is 7.80. The van der Waals surface area contributed by atoms with Crippen LogP contribution in [0.15, 0.2) is 67.3 Å². The maximum Gasteiger partial charge on any atom is 0.316 e. The van der Waals surface area contributed by atoms with Crippen molar-refractivity contribution in [2.24, 2.45) is 0 Å². The van der Waals surface area contributed by atoms with Crippen LogP contribution in [0.1, 0.15) is 11.3 Å². The summed E-state index contributed by atoms with van der Waals surface area (Å²) in [6, 6.07) is 14.5. The normalized spacial score (nSPS) is 11.2. The lowest BCUT2D eigenvalue weighted by Crippen LogP contribution is -2.01. The highest BCUT2D eigenvalue weighted by atomic mass is 16.5. The molecule has 0 spiro atoms. The van der Waals surface area contributed by atoms with Crippen molar-refractivity contribution in [3.63, 3.8) is 0 Å². The molecule has 0 aliphatic heterocycles. The minimum Gasteiger partial charge on any atom is -0.467 e. The smallest absolute Gasteiger partial charge is 0.316 e. The van der Waals surface area contributed by atoms with Gasteiger partial charge in [0.15, 0.2) is 5.65 Å². The van der Waals surface area contributed by atoms with Crippen molar-refractivity contribution < 1.29 is 4.74 Å². The van der Waals surface area contributed by atoms with Gasteiger partial charge in [0.2, 0.25) is 0 Å². The summed E-state index contributed by atoms with van der Waals surface area (Å²) < 4.78 is 6.88. The topological polar surface area (TPSA) is 78.1 Å². The summed E-state index contributed by atoms with van der Waals surface area (Å²) in [5.74, 6) is 0. The Morgan fingerprint density at radius 3 is 2.68 bits per heavy atom. The Kier molecular flexibility index (Phi) is 3.90. The largest absolute Gasteiger partial charge is 0.467 e. The fourth-order valence-corrected chi connectivity index (χ4v) is 3.19. The first kappa shape index (κ1) is 16.3. The highest BCUT2D eigenvalue weighted by Crippen LogP contribution is 2.20. The first-order valence-electron chi connectivity index (χ1n) is 8.84. The van der Waals surface area contributed by atoms with Crippen molar-refractivity contribution in [3.05, 3.63) is 78.5 Å². The predicted molar refractivity (Wildman–Crippen MR) is 105 cm³/mol. The second kappa shape index (κ2) is 6.70. The molecular weight excluding hydrogens is 352 g/mol. The number of rotatable bonds is 4. The SMILES string of the molecule is COc1ncc(-c2ccc3ncc(Cc4ccc5ncccc5c4)n3n2)cn1. The van der Waals surface area contributed by atoms with Gasteiger partial charge in [-0.25, -0.2) is 19.5 Å². The third-order valence-corrected chi connectivity index (χ3v) is 4.59. The van der Waals surface area contributed by atoms with E-state index in [2.05, 4.69) is 38.1 Å². The van der Waals surface area contributed by atoms with Crippen LogP contribution in [-0.4, -0.2) is 36.7 Å². The summed E-state index contributed by atoms with van der Waals surface area (Å²) in [5.41, 5.74) is 5.58. The number of benzene rings is 1. The maximum absolute atomic E-state index is 5.02. The number of imidazole rings is 1. The number of aromatic nitrogens is 6. The highest BCUT2D eigenvalue weighted by Gasteiger charge is 2.09. The minimum absolute atomic E-state index is 0.332. The second-order valence-corrected chi connectivity index (χ2v) is 6.40.